The maximum atomic E-state index is 14.1. The second-order valence-electron chi connectivity index (χ2n) is 12.4. The minimum atomic E-state index is -0.0202. The van der Waals surface area contributed by atoms with Crippen molar-refractivity contribution in [2.75, 3.05) is 0 Å². The molecule has 0 saturated heterocycles. The first-order chi connectivity index (χ1) is 23.7. The zero-order valence-corrected chi connectivity index (χ0v) is 25.9. The van der Waals surface area contributed by atoms with Crippen molar-refractivity contribution in [3.05, 3.63) is 174 Å². The molecule has 8 aromatic carbocycles. The molecule has 0 unspecified atom stereocenters. The lowest BCUT2D eigenvalue weighted by Crippen LogP contribution is -2.04. The summed E-state index contributed by atoms with van der Waals surface area (Å²) in [6.07, 6.45) is 0. The largest absolute Gasteiger partial charge is 0.456 e. The van der Waals surface area contributed by atoms with Gasteiger partial charge in [-0.3, -0.25) is 4.79 Å². The Bertz CT molecular complexity index is 2860. The molecule has 0 radical (unpaired) electrons. The number of hydrogen-bond donors (Lipinski definition) is 0. The highest BCUT2D eigenvalue weighted by molar-refractivity contribution is 6.23. The predicted octanol–water partition coefficient (Wildman–Crippen LogP) is 11.7. The highest BCUT2D eigenvalue weighted by Gasteiger charge is 2.18. The number of rotatable bonds is 3. The molecule has 224 valence electrons. The van der Waals surface area contributed by atoms with Gasteiger partial charge in [0.1, 0.15) is 11.2 Å². The first-order valence-corrected chi connectivity index (χ1v) is 16.2. The van der Waals surface area contributed by atoms with Crippen molar-refractivity contribution < 1.29 is 4.42 Å². The topological polar surface area (TPSA) is 35.1 Å². The smallest absolute Gasteiger partial charge is 0.201 e. The van der Waals surface area contributed by atoms with Crippen molar-refractivity contribution in [2.45, 2.75) is 0 Å². The molecule has 0 N–H and O–H groups in total. The van der Waals surface area contributed by atoms with Crippen LogP contribution in [0.2, 0.25) is 0 Å². The summed E-state index contributed by atoms with van der Waals surface area (Å²) in [6, 6.07) is 56.6. The van der Waals surface area contributed by atoms with Gasteiger partial charge in [-0.2, -0.15) is 0 Å². The molecular formula is C45H27NO2. The Labute approximate surface area is 275 Å². The average Bonchev–Trinajstić information content (AvgIpc) is 3.50. The molecule has 0 aliphatic carbocycles. The molecule has 0 bridgehead atoms. The van der Waals surface area contributed by atoms with Crippen molar-refractivity contribution in [2.24, 2.45) is 0 Å². The van der Waals surface area contributed by atoms with Crippen LogP contribution in [0.1, 0.15) is 0 Å². The number of fused-ring (bicyclic) bond motifs is 9. The van der Waals surface area contributed by atoms with Gasteiger partial charge in [0.15, 0.2) is 0 Å². The summed E-state index contributed by atoms with van der Waals surface area (Å²) in [5.74, 6) is 0. The minimum absolute atomic E-state index is 0.0202. The summed E-state index contributed by atoms with van der Waals surface area (Å²) >= 11 is 0. The highest BCUT2D eigenvalue weighted by atomic mass is 16.3. The van der Waals surface area contributed by atoms with Crippen LogP contribution in [-0.4, -0.2) is 4.57 Å². The molecular weight excluding hydrogens is 587 g/mol. The van der Waals surface area contributed by atoms with E-state index >= 15 is 0 Å². The summed E-state index contributed by atoms with van der Waals surface area (Å²) in [7, 11) is 0. The Morgan fingerprint density at radius 3 is 1.73 bits per heavy atom. The number of aromatic nitrogens is 1. The lowest BCUT2D eigenvalue weighted by Gasteiger charge is -2.13. The summed E-state index contributed by atoms with van der Waals surface area (Å²) in [5.41, 5.74) is 8.53. The van der Waals surface area contributed by atoms with Crippen molar-refractivity contribution in [3.8, 4) is 27.9 Å². The summed E-state index contributed by atoms with van der Waals surface area (Å²) in [6.45, 7) is 0. The normalized spacial score (nSPS) is 11.8. The van der Waals surface area contributed by atoms with E-state index in [1.54, 1.807) is 0 Å². The van der Waals surface area contributed by atoms with Crippen molar-refractivity contribution in [1.82, 2.24) is 4.57 Å². The van der Waals surface area contributed by atoms with Gasteiger partial charge in [0.05, 0.1) is 21.8 Å². The lowest BCUT2D eigenvalue weighted by atomic mass is 9.98. The van der Waals surface area contributed by atoms with Gasteiger partial charge in [0.25, 0.3) is 0 Å². The van der Waals surface area contributed by atoms with Crippen LogP contribution in [-0.2, 0) is 0 Å². The van der Waals surface area contributed by atoms with Crippen LogP contribution >= 0.6 is 0 Å². The molecule has 0 saturated carbocycles. The third kappa shape index (κ3) is 3.91. The summed E-state index contributed by atoms with van der Waals surface area (Å²) in [4.78, 5) is 14.1. The third-order valence-corrected chi connectivity index (χ3v) is 9.78. The van der Waals surface area contributed by atoms with E-state index in [-0.39, 0.29) is 5.43 Å². The maximum absolute atomic E-state index is 14.1. The van der Waals surface area contributed by atoms with E-state index in [1.165, 1.54) is 43.4 Å². The van der Waals surface area contributed by atoms with Gasteiger partial charge in [0, 0.05) is 27.2 Å². The van der Waals surface area contributed by atoms with Crippen LogP contribution in [0.4, 0.5) is 0 Å². The van der Waals surface area contributed by atoms with Crippen LogP contribution in [0, 0.1) is 0 Å². The molecule has 48 heavy (non-hydrogen) atoms. The van der Waals surface area contributed by atoms with E-state index in [1.807, 2.05) is 66.7 Å². The molecule has 0 aliphatic rings. The molecule has 10 rings (SSSR count). The van der Waals surface area contributed by atoms with Crippen molar-refractivity contribution in [1.29, 1.82) is 0 Å². The average molecular weight is 614 g/mol. The Hall–Kier alpha value is -6.45. The number of nitrogens with zero attached hydrogens (tertiary/aromatic N) is 1. The van der Waals surface area contributed by atoms with Crippen LogP contribution in [0.3, 0.4) is 0 Å². The van der Waals surface area contributed by atoms with Crippen LogP contribution < -0.4 is 5.43 Å². The van der Waals surface area contributed by atoms with Crippen molar-refractivity contribution >= 4 is 65.3 Å². The second-order valence-corrected chi connectivity index (χ2v) is 12.4. The van der Waals surface area contributed by atoms with Crippen LogP contribution in [0.5, 0.6) is 0 Å². The lowest BCUT2D eigenvalue weighted by molar-refractivity contribution is 0.660. The first-order valence-electron chi connectivity index (χ1n) is 16.2. The summed E-state index contributed by atoms with van der Waals surface area (Å²) in [5, 5.41) is 8.54. The molecule has 10 aromatic rings. The molecule has 0 atom stereocenters. The SMILES string of the molecule is O=c1c2cc(-c3ccc(-n4c5c6ccccc6ccc5c5ccc6ccccc6c54)cc3)ccc2oc2cccc(-c3ccccc3)c12. The molecule has 0 fully saturated rings. The summed E-state index contributed by atoms with van der Waals surface area (Å²) < 4.78 is 8.72. The Morgan fingerprint density at radius 1 is 0.417 bits per heavy atom. The molecule has 0 spiro atoms. The van der Waals surface area contributed by atoms with E-state index in [0.29, 0.717) is 21.9 Å². The predicted molar refractivity (Wildman–Crippen MR) is 200 cm³/mol. The van der Waals surface area contributed by atoms with Gasteiger partial charge in [-0.05, 0) is 63.4 Å². The fraction of sp³-hybridized carbons (Fsp3) is 0. The molecule has 2 heterocycles. The Balaban J connectivity index is 1.17. The third-order valence-electron chi connectivity index (χ3n) is 9.78. The number of hydrogen-bond acceptors (Lipinski definition) is 2. The molecule has 0 amide bonds. The van der Waals surface area contributed by atoms with Gasteiger partial charge in [0.2, 0.25) is 5.43 Å². The van der Waals surface area contributed by atoms with Gasteiger partial charge in [-0.25, -0.2) is 0 Å². The fourth-order valence-electron chi connectivity index (χ4n) is 7.54. The Morgan fingerprint density at radius 2 is 1.04 bits per heavy atom. The van der Waals surface area contributed by atoms with Crippen LogP contribution in [0.15, 0.2) is 173 Å². The zero-order valence-electron chi connectivity index (χ0n) is 25.9. The van der Waals surface area contributed by atoms with E-state index in [2.05, 4.69) is 102 Å². The second kappa shape index (κ2) is 10.3. The minimum Gasteiger partial charge on any atom is -0.456 e. The van der Waals surface area contributed by atoms with Gasteiger partial charge in [-0.15, -0.1) is 0 Å². The van der Waals surface area contributed by atoms with E-state index in [0.717, 1.165) is 27.9 Å². The van der Waals surface area contributed by atoms with Gasteiger partial charge in [-0.1, -0.05) is 133 Å². The maximum Gasteiger partial charge on any atom is 0.201 e. The first kappa shape index (κ1) is 26.7. The van der Waals surface area contributed by atoms with E-state index < -0.39 is 0 Å². The Kier molecular flexibility index (Phi) is 5.73. The van der Waals surface area contributed by atoms with Crippen LogP contribution in [0.25, 0.3) is 93.2 Å². The molecule has 3 nitrogen and oxygen atoms in total. The monoisotopic (exact) mass is 613 g/mol. The molecule has 2 aromatic heterocycles. The molecule has 3 heteroatoms. The highest BCUT2D eigenvalue weighted by Crippen LogP contribution is 2.40. The fourth-order valence-corrected chi connectivity index (χ4v) is 7.54. The quantitative estimate of drug-likeness (QED) is 0.186. The number of benzene rings is 8. The van der Waals surface area contributed by atoms with E-state index in [4.69, 9.17) is 4.42 Å². The van der Waals surface area contributed by atoms with Gasteiger partial charge >= 0.3 is 0 Å². The van der Waals surface area contributed by atoms with E-state index in [9.17, 15) is 4.79 Å². The molecule has 0 aliphatic heterocycles. The standard InChI is InChI=1S/C45H27NO2/c47-45-39-27-32(21-26-40(39)48-41-16-8-15-34(42(41)45)29-9-2-1-3-10-29)28-17-22-33(23-18-28)46-43-35-13-6-4-11-30(35)19-24-37(43)38-25-20-31-12-5-7-14-36(31)44(38)46/h1-27H. The van der Waals surface area contributed by atoms with Crippen molar-refractivity contribution in [3.63, 3.8) is 0 Å². The zero-order chi connectivity index (χ0) is 31.8. The van der Waals surface area contributed by atoms with Gasteiger partial charge < -0.3 is 8.98 Å².